The van der Waals surface area contributed by atoms with E-state index in [1.165, 1.54) is 5.56 Å². The lowest BCUT2D eigenvalue weighted by Crippen LogP contribution is -2.30. The zero-order chi connectivity index (χ0) is 16.8. The first-order valence-electron chi connectivity index (χ1n) is 7.81. The Balaban J connectivity index is 1.92. The molecular weight excluding hydrogens is 304 g/mol. The Hall–Kier alpha value is -2.07. The fourth-order valence-electron chi connectivity index (χ4n) is 2.29. The van der Waals surface area contributed by atoms with Crippen molar-refractivity contribution in [2.45, 2.75) is 32.7 Å². The second-order valence-electron chi connectivity index (χ2n) is 5.87. The Morgan fingerprint density at radius 2 is 1.48 bits per heavy atom. The first-order valence-corrected chi connectivity index (χ1v) is 8.22. The van der Waals surface area contributed by atoms with Gasteiger partial charge in [-0.15, -0.1) is 0 Å². The van der Waals surface area contributed by atoms with Crippen molar-refractivity contribution < 1.29 is 4.74 Å². The second kappa shape index (κ2) is 7.97. The van der Waals surface area contributed by atoms with Crippen LogP contribution >= 0.6 is 12.2 Å². The second-order valence-corrected chi connectivity index (χ2v) is 6.28. The van der Waals surface area contributed by atoms with E-state index in [9.17, 15) is 0 Å². The number of anilines is 1. The van der Waals surface area contributed by atoms with Gasteiger partial charge in [-0.2, -0.15) is 0 Å². The molecule has 0 saturated carbocycles. The largest absolute Gasteiger partial charge is 0.497 e. The number of benzene rings is 2. The number of methoxy groups -OCH3 is 1. The summed E-state index contributed by atoms with van der Waals surface area (Å²) in [5.74, 6) is 1.39. The van der Waals surface area contributed by atoms with E-state index < -0.39 is 0 Å². The first-order chi connectivity index (χ1) is 11.0. The standard InChI is InChI=1S/C19H24N2OS/c1-13(2)15-5-9-17(10-6-15)21-19(23)20-14(3)16-7-11-18(22-4)12-8-16/h5-14H,1-4H3,(H2,20,21,23)/t14-/m1/s1. The van der Waals surface area contributed by atoms with E-state index in [1.54, 1.807) is 7.11 Å². The molecule has 0 fully saturated rings. The van der Waals surface area contributed by atoms with E-state index in [2.05, 4.69) is 55.7 Å². The van der Waals surface area contributed by atoms with Crippen molar-refractivity contribution in [3.8, 4) is 5.75 Å². The molecule has 3 nitrogen and oxygen atoms in total. The van der Waals surface area contributed by atoms with Gasteiger partial charge in [-0.1, -0.05) is 38.1 Å². The molecule has 0 aliphatic rings. The summed E-state index contributed by atoms with van der Waals surface area (Å²) in [6.07, 6.45) is 0. The van der Waals surface area contributed by atoms with Crippen molar-refractivity contribution in [1.82, 2.24) is 5.32 Å². The molecule has 2 aromatic carbocycles. The number of hydrogen-bond donors (Lipinski definition) is 2. The van der Waals surface area contributed by atoms with Gasteiger partial charge < -0.3 is 15.4 Å². The molecule has 0 unspecified atom stereocenters. The Bertz CT molecular complexity index is 635. The molecule has 0 radical (unpaired) electrons. The number of nitrogens with one attached hydrogen (secondary N) is 2. The predicted octanol–water partition coefficient (Wildman–Crippen LogP) is 4.87. The lowest BCUT2D eigenvalue weighted by Gasteiger charge is -2.18. The molecule has 0 saturated heterocycles. The number of rotatable bonds is 5. The molecule has 0 aromatic heterocycles. The van der Waals surface area contributed by atoms with Gasteiger partial charge in [-0.3, -0.25) is 0 Å². The molecule has 2 aromatic rings. The highest BCUT2D eigenvalue weighted by atomic mass is 32.1. The van der Waals surface area contributed by atoms with Crippen LogP contribution in [0.2, 0.25) is 0 Å². The van der Waals surface area contributed by atoms with E-state index in [0.29, 0.717) is 11.0 Å². The van der Waals surface area contributed by atoms with Crippen LogP contribution in [-0.2, 0) is 0 Å². The third-order valence-electron chi connectivity index (χ3n) is 3.80. The van der Waals surface area contributed by atoms with Crippen LogP contribution < -0.4 is 15.4 Å². The number of thiocarbonyl (C=S) groups is 1. The van der Waals surface area contributed by atoms with Gasteiger partial charge in [-0.25, -0.2) is 0 Å². The summed E-state index contributed by atoms with van der Waals surface area (Å²) in [4.78, 5) is 0. The maximum atomic E-state index is 5.40. The maximum absolute atomic E-state index is 5.40. The van der Waals surface area contributed by atoms with Gasteiger partial charge in [0, 0.05) is 5.69 Å². The molecular formula is C19H24N2OS. The summed E-state index contributed by atoms with van der Waals surface area (Å²) < 4.78 is 5.18. The van der Waals surface area contributed by atoms with Gasteiger partial charge in [0.2, 0.25) is 0 Å². The zero-order valence-electron chi connectivity index (χ0n) is 14.1. The van der Waals surface area contributed by atoms with Crippen LogP contribution in [-0.4, -0.2) is 12.2 Å². The molecule has 0 amide bonds. The van der Waals surface area contributed by atoms with E-state index in [1.807, 2.05) is 24.3 Å². The lowest BCUT2D eigenvalue weighted by molar-refractivity contribution is 0.414. The molecule has 4 heteroatoms. The van der Waals surface area contributed by atoms with E-state index in [0.717, 1.165) is 17.0 Å². The molecule has 0 heterocycles. The average Bonchev–Trinajstić information content (AvgIpc) is 2.55. The predicted molar refractivity (Wildman–Crippen MR) is 101 cm³/mol. The quantitative estimate of drug-likeness (QED) is 0.768. The molecule has 1 atom stereocenters. The topological polar surface area (TPSA) is 33.3 Å². The van der Waals surface area contributed by atoms with Crippen molar-refractivity contribution in [3.05, 3.63) is 59.7 Å². The lowest BCUT2D eigenvalue weighted by atomic mass is 10.0. The molecule has 0 aliphatic carbocycles. The fraction of sp³-hybridized carbons (Fsp3) is 0.316. The molecule has 0 bridgehead atoms. The van der Waals surface area contributed by atoms with Crippen LogP contribution in [0.3, 0.4) is 0 Å². The number of hydrogen-bond acceptors (Lipinski definition) is 2. The Morgan fingerprint density at radius 1 is 0.913 bits per heavy atom. The van der Waals surface area contributed by atoms with Crippen LogP contribution in [0.15, 0.2) is 48.5 Å². The average molecular weight is 328 g/mol. The highest BCUT2D eigenvalue weighted by Crippen LogP contribution is 2.19. The first kappa shape index (κ1) is 17.3. The minimum Gasteiger partial charge on any atom is -0.497 e. The van der Waals surface area contributed by atoms with Gasteiger partial charge in [0.15, 0.2) is 5.11 Å². The van der Waals surface area contributed by atoms with E-state index in [-0.39, 0.29) is 6.04 Å². The van der Waals surface area contributed by atoms with Crippen molar-refractivity contribution in [2.24, 2.45) is 0 Å². The van der Waals surface area contributed by atoms with Crippen molar-refractivity contribution in [1.29, 1.82) is 0 Å². The van der Waals surface area contributed by atoms with Gasteiger partial charge in [0.25, 0.3) is 0 Å². The van der Waals surface area contributed by atoms with Crippen LogP contribution in [0.4, 0.5) is 5.69 Å². The molecule has 0 spiro atoms. The fourth-order valence-corrected chi connectivity index (χ4v) is 2.59. The Morgan fingerprint density at radius 3 is 2.00 bits per heavy atom. The van der Waals surface area contributed by atoms with Crippen LogP contribution in [0, 0.1) is 0 Å². The molecule has 23 heavy (non-hydrogen) atoms. The summed E-state index contributed by atoms with van der Waals surface area (Å²) in [6.45, 7) is 6.45. The van der Waals surface area contributed by atoms with Crippen LogP contribution in [0.1, 0.15) is 43.9 Å². The van der Waals surface area contributed by atoms with Crippen molar-refractivity contribution in [3.63, 3.8) is 0 Å². The minimum absolute atomic E-state index is 0.121. The van der Waals surface area contributed by atoms with E-state index >= 15 is 0 Å². The van der Waals surface area contributed by atoms with Gasteiger partial charge in [-0.05, 0) is 60.5 Å². The SMILES string of the molecule is COc1ccc([C@@H](C)NC(=S)Nc2ccc(C(C)C)cc2)cc1. The smallest absolute Gasteiger partial charge is 0.171 e. The van der Waals surface area contributed by atoms with Gasteiger partial charge in [0.05, 0.1) is 13.2 Å². The maximum Gasteiger partial charge on any atom is 0.171 e. The third-order valence-corrected chi connectivity index (χ3v) is 4.02. The summed E-state index contributed by atoms with van der Waals surface area (Å²) >= 11 is 5.40. The highest BCUT2D eigenvalue weighted by molar-refractivity contribution is 7.80. The number of ether oxygens (including phenoxy) is 1. The van der Waals surface area contributed by atoms with Crippen molar-refractivity contribution in [2.75, 3.05) is 12.4 Å². The van der Waals surface area contributed by atoms with Crippen molar-refractivity contribution >= 4 is 23.0 Å². The van der Waals surface area contributed by atoms with Crippen LogP contribution in [0.5, 0.6) is 5.75 Å². The zero-order valence-corrected chi connectivity index (χ0v) is 14.9. The summed E-state index contributed by atoms with van der Waals surface area (Å²) in [6, 6.07) is 16.5. The third kappa shape index (κ3) is 4.96. The summed E-state index contributed by atoms with van der Waals surface area (Å²) in [5.41, 5.74) is 3.47. The molecule has 0 aliphatic heterocycles. The highest BCUT2D eigenvalue weighted by Gasteiger charge is 2.07. The van der Waals surface area contributed by atoms with Gasteiger partial charge >= 0.3 is 0 Å². The minimum atomic E-state index is 0.121. The van der Waals surface area contributed by atoms with Gasteiger partial charge in [0.1, 0.15) is 5.75 Å². The molecule has 2 N–H and O–H groups in total. The molecule has 122 valence electrons. The Kier molecular flexibility index (Phi) is 5.99. The normalized spacial score (nSPS) is 11.9. The summed E-state index contributed by atoms with van der Waals surface area (Å²) in [5, 5.41) is 7.14. The Labute approximate surface area is 144 Å². The molecule has 2 rings (SSSR count). The van der Waals surface area contributed by atoms with Crippen LogP contribution in [0.25, 0.3) is 0 Å². The van der Waals surface area contributed by atoms with E-state index in [4.69, 9.17) is 17.0 Å². The monoisotopic (exact) mass is 328 g/mol. The summed E-state index contributed by atoms with van der Waals surface area (Å²) in [7, 11) is 1.67.